The Kier molecular flexibility index (Phi) is 7.15. The van der Waals surface area contributed by atoms with Gasteiger partial charge in [0.05, 0.1) is 9.82 Å². The van der Waals surface area contributed by atoms with Gasteiger partial charge in [0.25, 0.3) is 5.69 Å². The molecule has 0 radical (unpaired) electrons. The largest absolute Gasteiger partial charge is 0.332 e. The molecule has 0 aliphatic heterocycles. The predicted octanol–water partition coefficient (Wildman–Crippen LogP) is 2.37. The number of hydrogen-bond acceptors (Lipinski definition) is 6. The van der Waals surface area contributed by atoms with Gasteiger partial charge in [-0.2, -0.15) is 0 Å². The van der Waals surface area contributed by atoms with Crippen LogP contribution in [-0.4, -0.2) is 42.8 Å². The first-order chi connectivity index (χ1) is 13.6. The molecule has 2 aromatic rings. The van der Waals surface area contributed by atoms with E-state index in [4.69, 9.17) is 12.2 Å². The van der Waals surface area contributed by atoms with E-state index in [1.165, 1.54) is 74.8 Å². The second-order valence-corrected chi connectivity index (χ2v) is 8.50. The van der Waals surface area contributed by atoms with Crippen molar-refractivity contribution in [2.24, 2.45) is 0 Å². The normalized spacial score (nSPS) is 11.4. The third-order valence-corrected chi connectivity index (χ3v) is 5.69. The lowest BCUT2D eigenvalue weighted by Crippen LogP contribution is -2.32. The standard InChI is InChI=1S/C18H18N4O5S2/c1-21(2)29(26,27)16-10-6-14(7-11-16)19-18(28)20-17(23)12-5-13-3-8-15(9-4-13)22(24)25/h3-12H,1-2H3,(H2,19,20,23,28)/b12-5+. The van der Waals surface area contributed by atoms with Gasteiger partial charge in [0.1, 0.15) is 0 Å². The summed E-state index contributed by atoms with van der Waals surface area (Å²) in [7, 11) is -0.644. The number of rotatable bonds is 6. The molecule has 2 N–H and O–H groups in total. The first kappa shape index (κ1) is 22.1. The van der Waals surface area contributed by atoms with E-state index in [1.54, 1.807) is 0 Å². The number of nitro groups is 1. The van der Waals surface area contributed by atoms with Gasteiger partial charge in [0.15, 0.2) is 5.11 Å². The van der Waals surface area contributed by atoms with Crippen LogP contribution in [0.4, 0.5) is 11.4 Å². The summed E-state index contributed by atoms with van der Waals surface area (Å²) in [6, 6.07) is 11.6. The molecule has 0 spiro atoms. The number of carbonyl (C=O) groups excluding carboxylic acids is 1. The lowest BCUT2D eigenvalue weighted by Gasteiger charge is -2.12. The van der Waals surface area contributed by atoms with Crippen molar-refractivity contribution in [3.05, 3.63) is 70.3 Å². The number of nitro benzene ring substituents is 1. The number of carbonyl (C=O) groups is 1. The Bertz CT molecular complexity index is 1050. The highest BCUT2D eigenvalue weighted by Gasteiger charge is 2.16. The van der Waals surface area contributed by atoms with E-state index in [9.17, 15) is 23.3 Å². The molecule has 0 unspecified atom stereocenters. The molecule has 2 rings (SSSR count). The van der Waals surface area contributed by atoms with Gasteiger partial charge in [-0.3, -0.25) is 20.2 Å². The van der Waals surface area contributed by atoms with Gasteiger partial charge in [-0.05, 0) is 60.3 Å². The van der Waals surface area contributed by atoms with Crippen LogP contribution in [0, 0.1) is 10.1 Å². The summed E-state index contributed by atoms with van der Waals surface area (Å²) in [6.45, 7) is 0. The molecule has 0 saturated heterocycles. The van der Waals surface area contributed by atoms with Crippen LogP contribution >= 0.6 is 12.2 Å². The SMILES string of the molecule is CN(C)S(=O)(=O)c1ccc(NC(=S)NC(=O)/C=C/c2ccc([N+](=O)[O-])cc2)cc1. The number of non-ortho nitro benzene ring substituents is 1. The van der Waals surface area contributed by atoms with Crippen LogP contribution in [0.3, 0.4) is 0 Å². The molecule has 0 aromatic heterocycles. The van der Waals surface area contributed by atoms with Gasteiger partial charge >= 0.3 is 0 Å². The number of thiocarbonyl (C=S) groups is 1. The zero-order valence-corrected chi connectivity index (χ0v) is 17.2. The molecule has 0 bridgehead atoms. The van der Waals surface area contributed by atoms with E-state index < -0.39 is 20.9 Å². The maximum atomic E-state index is 12.0. The lowest BCUT2D eigenvalue weighted by molar-refractivity contribution is -0.384. The Morgan fingerprint density at radius 1 is 1.10 bits per heavy atom. The van der Waals surface area contributed by atoms with E-state index in [0.717, 1.165) is 4.31 Å². The Morgan fingerprint density at radius 2 is 1.69 bits per heavy atom. The van der Waals surface area contributed by atoms with Crippen molar-refractivity contribution < 1.29 is 18.1 Å². The summed E-state index contributed by atoms with van der Waals surface area (Å²) >= 11 is 5.06. The van der Waals surface area contributed by atoms with Gasteiger partial charge in [0, 0.05) is 38.0 Å². The second kappa shape index (κ2) is 9.37. The van der Waals surface area contributed by atoms with Crippen molar-refractivity contribution in [2.45, 2.75) is 4.90 Å². The highest BCUT2D eigenvalue weighted by molar-refractivity contribution is 7.89. The van der Waals surface area contributed by atoms with Gasteiger partial charge in [-0.1, -0.05) is 0 Å². The second-order valence-electron chi connectivity index (χ2n) is 5.94. The fourth-order valence-electron chi connectivity index (χ4n) is 2.12. The Balaban J connectivity index is 1.93. The van der Waals surface area contributed by atoms with E-state index in [2.05, 4.69) is 10.6 Å². The third kappa shape index (κ3) is 6.17. The zero-order chi connectivity index (χ0) is 21.6. The van der Waals surface area contributed by atoms with Crippen molar-refractivity contribution in [1.82, 2.24) is 9.62 Å². The number of benzene rings is 2. The smallest absolute Gasteiger partial charge is 0.269 e. The van der Waals surface area contributed by atoms with E-state index in [0.29, 0.717) is 11.3 Å². The van der Waals surface area contributed by atoms with Crippen LogP contribution in [0.1, 0.15) is 5.56 Å². The van der Waals surface area contributed by atoms with Crippen molar-refractivity contribution >= 4 is 50.7 Å². The minimum absolute atomic E-state index is 0.0339. The lowest BCUT2D eigenvalue weighted by atomic mass is 10.2. The third-order valence-electron chi connectivity index (χ3n) is 3.66. The minimum atomic E-state index is -3.53. The molecule has 0 fully saturated rings. The van der Waals surface area contributed by atoms with Gasteiger partial charge in [0.2, 0.25) is 15.9 Å². The van der Waals surface area contributed by atoms with Gasteiger partial charge in [-0.25, -0.2) is 12.7 Å². The molecule has 9 nitrogen and oxygen atoms in total. The molecule has 2 aromatic carbocycles. The molecule has 29 heavy (non-hydrogen) atoms. The summed E-state index contributed by atoms with van der Waals surface area (Å²) in [5, 5.41) is 15.9. The number of nitrogens with zero attached hydrogens (tertiary/aromatic N) is 2. The van der Waals surface area contributed by atoms with Crippen LogP contribution in [0.5, 0.6) is 0 Å². The quantitative estimate of drug-likeness (QED) is 0.310. The molecule has 0 aliphatic carbocycles. The Labute approximate surface area is 173 Å². The highest BCUT2D eigenvalue weighted by atomic mass is 32.2. The molecule has 152 valence electrons. The predicted molar refractivity (Wildman–Crippen MR) is 114 cm³/mol. The summed E-state index contributed by atoms with van der Waals surface area (Å²) in [6.07, 6.45) is 2.73. The number of nitrogens with one attached hydrogen (secondary N) is 2. The Morgan fingerprint density at radius 3 is 2.21 bits per heavy atom. The maximum Gasteiger partial charge on any atom is 0.269 e. The topological polar surface area (TPSA) is 122 Å². The minimum Gasteiger partial charge on any atom is -0.332 e. The molecular weight excluding hydrogens is 416 g/mol. The van der Waals surface area contributed by atoms with E-state index >= 15 is 0 Å². The van der Waals surface area contributed by atoms with Gasteiger partial charge in [-0.15, -0.1) is 0 Å². The summed E-state index contributed by atoms with van der Waals surface area (Å²) in [5.74, 6) is -0.493. The van der Waals surface area contributed by atoms with Crippen molar-refractivity contribution in [3.8, 4) is 0 Å². The molecule has 0 aliphatic rings. The fraction of sp³-hybridized carbons (Fsp3) is 0.111. The van der Waals surface area contributed by atoms with Crippen molar-refractivity contribution in [1.29, 1.82) is 0 Å². The number of sulfonamides is 1. The molecule has 1 amide bonds. The zero-order valence-electron chi connectivity index (χ0n) is 15.5. The fourth-order valence-corrected chi connectivity index (χ4v) is 3.24. The number of anilines is 1. The van der Waals surface area contributed by atoms with Crippen molar-refractivity contribution in [3.63, 3.8) is 0 Å². The Hall–Kier alpha value is -3.15. The van der Waals surface area contributed by atoms with Crippen LogP contribution < -0.4 is 10.6 Å². The van der Waals surface area contributed by atoms with Crippen LogP contribution in [0.15, 0.2) is 59.5 Å². The summed E-state index contributed by atoms with van der Waals surface area (Å²) in [4.78, 5) is 22.2. The first-order valence-corrected chi connectivity index (χ1v) is 10.0. The van der Waals surface area contributed by atoms with Crippen LogP contribution in [0.25, 0.3) is 6.08 Å². The van der Waals surface area contributed by atoms with E-state index in [-0.39, 0.29) is 15.7 Å². The monoisotopic (exact) mass is 434 g/mol. The number of hydrogen-bond donors (Lipinski definition) is 2. The first-order valence-electron chi connectivity index (χ1n) is 8.16. The average Bonchev–Trinajstić information content (AvgIpc) is 2.67. The van der Waals surface area contributed by atoms with Crippen LogP contribution in [0.2, 0.25) is 0 Å². The molecule has 0 atom stereocenters. The van der Waals surface area contributed by atoms with E-state index in [1.807, 2.05) is 0 Å². The van der Waals surface area contributed by atoms with Crippen molar-refractivity contribution in [2.75, 3.05) is 19.4 Å². The average molecular weight is 434 g/mol. The van der Waals surface area contributed by atoms with Crippen LogP contribution in [-0.2, 0) is 14.8 Å². The molecule has 0 heterocycles. The molecule has 11 heteroatoms. The summed E-state index contributed by atoms with van der Waals surface area (Å²) < 4.78 is 25.2. The summed E-state index contributed by atoms with van der Waals surface area (Å²) in [5.41, 5.74) is 1.08. The number of amides is 1. The van der Waals surface area contributed by atoms with Gasteiger partial charge < -0.3 is 5.32 Å². The maximum absolute atomic E-state index is 12.0. The molecule has 0 saturated carbocycles. The highest BCUT2D eigenvalue weighted by Crippen LogP contribution is 2.16. The molecular formula is C18H18N4O5S2.